The van der Waals surface area contributed by atoms with E-state index >= 15 is 0 Å². The minimum absolute atomic E-state index is 0.259. The zero-order valence-corrected chi connectivity index (χ0v) is 16.6. The molecule has 0 amide bonds. The van der Waals surface area contributed by atoms with Crippen LogP contribution in [0.4, 0.5) is 18.9 Å². The van der Waals surface area contributed by atoms with Crippen LogP contribution in [0, 0.1) is 0 Å². The van der Waals surface area contributed by atoms with Crippen LogP contribution in [0.1, 0.15) is 6.92 Å². The molecule has 0 radical (unpaired) electrons. The summed E-state index contributed by atoms with van der Waals surface area (Å²) in [4.78, 5) is 4.67. The zero-order valence-electron chi connectivity index (χ0n) is 14.9. The van der Waals surface area contributed by atoms with E-state index in [1.54, 1.807) is 16.0 Å². The molecule has 0 atom stereocenters. The number of nitrogens with zero attached hydrogens (tertiary/aromatic N) is 2. The Labute approximate surface area is 168 Å². The van der Waals surface area contributed by atoms with Gasteiger partial charge in [-0.2, -0.15) is 8.42 Å². The molecule has 0 aliphatic carbocycles. The normalized spacial score (nSPS) is 12.9. The standard InChI is InChI=1S/C18H15F3N2O4S2/c1-2-23-15(14-5-3-4-6-16(14)27-18(19,20)21)11-28-17(23)22-12-7-9-13(10-8-12)29(24,25)26/h3-11H,2H2,1H3,(H,24,25,26). The fourth-order valence-electron chi connectivity index (χ4n) is 2.64. The molecule has 3 rings (SSSR count). The summed E-state index contributed by atoms with van der Waals surface area (Å²) in [5, 5.41) is 1.67. The van der Waals surface area contributed by atoms with E-state index in [-0.39, 0.29) is 16.2 Å². The Hall–Kier alpha value is -2.63. The fourth-order valence-corrected chi connectivity index (χ4v) is 4.10. The van der Waals surface area contributed by atoms with Gasteiger partial charge in [0.25, 0.3) is 10.1 Å². The second kappa shape index (κ2) is 8.01. The first-order chi connectivity index (χ1) is 13.6. The predicted molar refractivity (Wildman–Crippen MR) is 102 cm³/mol. The number of ether oxygens (including phenoxy) is 1. The molecule has 0 saturated carbocycles. The Bertz CT molecular complexity index is 1180. The van der Waals surface area contributed by atoms with Gasteiger partial charge in [0.1, 0.15) is 5.75 Å². The molecule has 0 aliphatic rings. The Kier molecular flexibility index (Phi) is 5.82. The van der Waals surface area contributed by atoms with Gasteiger partial charge in [0, 0.05) is 17.5 Å². The average Bonchev–Trinajstić information content (AvgIpc) is 3.03. The van der Waals surface area contributed by atoms with Gasteiger partial charge in [-0.1, -0.05) is 12.1 Å². The summed E-state index contributed by atoms with van der Waals surface area (Å²) in [5.74, 6) is -0.316. The van der Waals surface area contributed by atoms with Gasteiger partial charge in [-0.3, -0.25) is 4.55 Å². The van der Waals surface area contributed by atoms with Crippen molar-refractivity contribution >= 4 is 27.1 Å². The van der Waals surface area contributed by atoms with Crippen LogP contribution in [0.25, 0.3) is 11.3 Å². The molecule has 0 fully saturated rings. The third-order valence-electron chi connectivity index (χ3n) is 3.86. The Morgan fingerprint density at radius 1 is 1.14 bits per heavy atom. The monoisotopic (exact) mass is 444 g/mol. The first-order valence-electron chi connectivity index (χ1n) is 8.24. The van der Waals surface area contributed by atoms with Gasteiger partial charge in [0.2, 0.25) is 0 Å². The number of rotatable bonds is 5. The van der Waals surface area contributed by atoms with Crippen LogP contribution in [-0.2, 0) is 16.7 Å². The summed E-state index contributed by atoms with van der Waals surface area (Å²) in [6.45, 7) is 2.25. The quantitative estimate of drug-likeness (QED) is 0.583. The minimum atomic E-state index is -4.81. The fraction of sp³-hybridized carbons (Fsp3) is 0.167. The molecule has 0 spiro atoms. The lowest BCUT2D eigenvalue weighted by Gasteiger charge is -2.14. The second-order valence-electron chi connectivity index (χ2n) is 5.77. The number of para-hydroxylation sites is 1. The maximum absolute atomic E-state index is 12.7. The summed E-state index contributed by atoms with van der Waals surface area (Å²) in [6, 6.07) is 11.1. The molecular weight excluding hydrogens is 429 g/mol. The molecule has 0 aliphatic heterocycles. The van der Waals surface area contributed by atoms with E-state index in [2.05, 4.69) is 9.73 Å². The van der Waals surface area contributed by atoms with Crippen LogP contribution in [0.3, 0.4) is 0 Å². The molecule has 1 aromatic heterocycles. The first-order valence-corrected chi connectivity index (χ1v) is 10.6. The number of hydrogen-bond acceptors (Lipinski definition) is 5. The van der Waals surface area contributed by atoms with Crippen LogP contribution in [-0.4, -0.2) is 23.9 Å². The van der Waals surface area contributed by atoms with Crippen molar-refractivity contribution in [1.29, 1.82) is 0 Å². The molecule has 11 heteroatoms. The topological polar surface area (TPSA) is 80.9 Å². The molecule has 6 nitrogen and oxygen atoms in total. The van der Waals surface area contributed by atoms with E-state index in [1.165, 1.54) is 53.8 Å². The maximum Gasteiger partial charge on any atom is 0.573 e. The number of halogens is 3. The van der Waals surface area contributed by atoms with Crippen molar-refractivity contribution < 1.29 is 30.9 Å². The van der Waals surface area contributed by atoms with Crippen LogP contribution in [0.2, 0.25) is 0 Å². The number of hydrogen-bond donors (Lipinski definition) is 1. The second-order valence-corrected chi connectivity index (χ2v) is 8.03. The molecule has 0 saturated heterocycles. The average molecular weight is 444 g/mol. The molecule has 0 unspecified atom stereocenters. The third-order valence-corrected chi connectivity index (χ3v) is 5.59. The zero-order chi connectivity index (χ0) is 21.2. The van der Waals surface area contributed by atoms with Crippen LogP contribution < -0.4 is 9.54 Å². The van der Waals surface area contributed by atoms with Crippen LogP contribution in [0.5, 0.6) is 5.75 Å². The SMILES string of the molecule is CCn1c(-c2ccccc2OC(F)(F)F)csc1=Nc1ccc(S(=O)(=O)O)cc1. The summed E-state index contributed by atoms with van der Waals surface area (Å²) < 4.78 is 75.3. The molecule has 1 N–H and O–H groups in total. The number of benzene rings is 2. The van der Waals surface area contributed by atoms with Gasteiger partial charge < -0.3 is 9.30 Å². The van der Waals surface area contributed by atoms with Crippen molar-refractivity contribution in [2.45, 2.75) is 24.7 Å². The lowest BCUT2D eigenvalue weighted by Crippen LogP contribution is -2.18. The molecular formula is C18H15F3N2O4S2. The molecule has 1 heterocycles. The number of thiazole rings is 1. The minimum Gasteiger partial charge on any atom is -0.405 e. The van der Waals surface area contributed by atoms with Crippen molar-refractivity contribution in [3.8, 4) is 17.0 Å². The Morgan fingerprint density at radius 2 is 1.79 bits per heavy atom. The van der Waals surface area contributed by atoms with Crippen LogP contribution in [0.15, 0.2) is 63.8 Å². The van der Waals surface area contributed by atoms with Gasteiger partial charge in [-0.05, 0) is 43.3 Å². The lowest BCUT2D eigenvalue weighted by atomic mass is 10.1. The van der Waals surface area contributed by atoms with E-state index in [0.29, 0.717) is 22.7 Å². The van der Waals surface area contributed by atoms with Crippen molar-refractivity contribution in [3.63, 3.8) is 0 Å². The van der Waals surface area contributed by atoms with E-state index in [4.69, 9.17) is 4.55 Å². The van der Waals surface area contributed by atoms with E-state index < -0.39 is 16.5 Å². The third kappa shape index (κ3) is 5.05. The summed E-state index contributed by atoms with van der Waals surface area (Å²) in [7, 11) is -4.31. The Morgan fingerprint density at radius 3 is 2.38 bits per heavy atom. The van der Waals surface area contributed by atoms with E-state index in [9.17, 15) is 21.6 Å². The smallest absolute Gasteiger partial charge is 0.405 e. The number of aromatic nitrogens is 1. The Balaban J connectivity index is 2.06. The largest absolute Gasteiger partial charge is 0.573 e. The summed E-state index contributed by atoms with van der Waals surface area (Å²) in [6.07, 6.45) is -4.81. The van der Waals surface area contributed by atoms with Gasteiger partial charge >= 0.3 is 6.36 Å². The summed E-state index contributed by atoms with van der Waals surface area (Å²) >= 11 is 1.22. The van der Waals surface area contributed by atoms with Crippen molar-refractivity contribution in [2.75, 3.05) is 0 Å². The van der Waals surface area contributed by atoms with Gasteiger partial charge in [-0.15, -0.1) is 24.5 Å². The van der Waals surface area contributed by atoms with Crippen molar-refractivity contribution in [2.24, 2.45) is 4.99 Å². The molecule has 154 valence electrons. The maximum atomic E-state index is 12.7. The van der Waals surface area contributed by atoms with Gasteiger partial charge in [-0.25, -0.2) is 4.99 Å². The highest BCUT2D eigenvalue weighted by atomic mass is 32.2. The highest BCUT2D eigenvalue weighted by molar-refractivity contribution is 7.85. The lowest BCUT2D eigenvalue weighted by molar-refractivity contribution is -0.274. The van der Waals surface area contributed by atoms with Crippen LogP contribution >= 0.6 is 11.3 Å². The number of alkyl halides is 3. The highest BCUT2D eigenvalue weighted by Crippen LogP contribution is 2.34. The van der Waals surface area contributed by atoms with Crippen molar-refractivity contribution in [3.05, 3.63) is 58.7 Å². The van der Waals surface area contributed by atoms with E-state index in [0.717, 1.165) is 0 Å². The highest BCUT2D eigenvalue weighted by Gasteiger charge is 2.32. The molecule has 3 aromatic rings. The van der Waals surface area contributed by atoms with Gasteiger partial charge in [0.15, 0.2) is 4.80 Å². The summed E-state index contributed by atoms with van der Waals surface area (Å²) in [5.41, 5.74) is 1.20. The molecule has 0 bridgehead atoms. The molecule has 29 heavy (non-hydrogen) atoms. The van der Waals surface area contributed by atoms with Crippen molar-refractivity contribution in [1.82, 2.24) is 4.57 Å². The first kappa shape index (κ1) is 21.1. The molecule has 2 aromatic carbocycles. The predicted octanol–water partition coefficient (Wildman–Crippen LogP) is 4.61. The van der Waals surface area contributed by atoms with E-state index in [1.807, 2.05) is 6.92 Å². The van der Waals surface area contributed by atoms with Gasteiger partial charge in [0.05, 0.1) is 16.3 Å².